The highest BCUT2D eigenvalue weighted by atomic mass is 16.4. The van der Waals surface area contributed by atoms with E-state index in [1.165, 1.54) is 7.05 Å². The van der Waals surface area contributed by atoms with Crippen LogP contribution < -0.4 is 0 Å². The molecule has 6 heteroatoms. The molecule has 0 saturated carbocycles. The van der Waals surface area contributed by atoms with Crippen molar-refractivity contribution in [3.05, 3.63) is 36.1 Å². The minimum atomic E-state index is -1.46. The monoisotopic (exact) mass is 332 g/mol. The molecule has 0 saturated heterocycles. The maximum atomic E-state index is 12.5. The maximum Gasteiger partial charge on any atom is 0.359 e. The van der Waals surface area contributed by atoms with Gasteiger partial charge < -0.3 is 5.11 Å². The molecule has 1 aliphatic carbocycles. The van der Waals surface area contributed by atoms with Crippen LogP contribution in [0.15, 0.2) is 41.1 Å². The minimum absolute atomic E-state index is 0.0682. The van der Waals surface area contributed by atoms with Crippen molar-refractivity contribution in [2.75, 3.05) is 7.05 Å². The van der Waals surface area contributed by atoms with Crippen molar-refractivity contribution in [3.8, 4) is 0 Å². The van der Waals surface area contributed by atoms with Gasteiger partial charge in [0, 0.05) is 18.9 Å². The van der Waals surface area contributed by atoms with Crippen molar-refractivity contribution in [2.45, 2.75) is 34.1 Å². The molecule has 1 N–H and O–H groups in total. The van der Waals surface area contributed by atoms with Crippen LogP contribution in [0.3, 0.4) is 0 Å². The summed E-state index contributed by atoms with van der Waals surface area (Å²) in [5, 5.41) is 9.12. The molecule has 0 aromatic rings. The lowest BCUT2D eigenvalue weighted by Gasteiger charge is -2.26. The summed E-state index contributed by atoms with van der Waals surface area (Å²) in [6, 6.07) is 0. The second-order valence-corrected chi connectivity index (χ2v) is 6.07. The molecular formula is C18H24N2O4. The fraction of sp³-hybridized carbons (Fsp3) is 0.444. The number of hydrogen-bond acceptors (Lipinski definition) is 4. The molecule has 1 unspecified atom stereocenters. The zero-order chi connectivity index (χ0) is 18.5. The number of carboxylic acid groups (broad SMARTS) is 1. The average molecular weight is 332 g/mol. The molecule has 0 fully saturated rings. The van der Waals surface area contributed by atoms with Crippen LogP contribution in [0.25, 0.3) is 0 Å². The Labute approximate surface area is 142 Å². The topological polar surface area (TPSA) is 87.0 Å². The number of nitrogens with zero attached hydrogens (tertiary/aromatic N) is 2. The first-order valence-corrected chi connectivity index (χ1v) is 7.84. The van der Waals surface area contributed by atoms with Gasteiger partial charge in [-0.15, -0.1) is 0 Å². The first kappa shape index (κ1) is 19.5. The molecule has 6 nitrogen and oxygen atoms in total. The maximum absolute atomic E-state index is 12.5. The van der Waals surface area contributed by atoms with Gasteiger partial charge in [-0.3, -0.25) is 14.6 Å². The summed E-state index contributed by atoms with van der Waals surface area (Å²) in [7, 11) is 1.21. The van der Waals surface area contributed by atoms with Crippen molar-refractivity contribution < 1.29 is 19.5 Å². The summed E-state index contributed by atoms with van der Waals surface area (Å²) >= 11 is 0. The fourth-order valence-corrected chi connectivity index (χ4v) is 2.19. The number of aliphatic carboxylic acids is 1. The van der Waals surface area contributed by atoms with E-state index in [-0.39, 0.29) is 11.8 Å². The number of allylic oxidation sites excluding steroid dienone is 5. The minimum Gasteiger partial charge on any atom is -0.476 e. The second kappa shape index (κ2) is 7.86. The summed E-state index contributed by atoms with van der Waals surface area (Å²) < 4.78 is 0. The average Bonchev–Trinajstić information content (AvgIpc) is 2.71. The second-order valence-electron chi connectivity index (χ2n) is 6.07. The molecule has 0 bridgehead atoms. The number of carbonyl (C=O) groups excluding carboxylic acids is 2. The highest BCUT2D eigenvalue weighted by Gasteiger charge is 2.31. The zero-order valence-corrected chi connectivity index (χ0v) is 14.7. The fourth-order valence-electron chi connectivity index (χ4n) is 2.19. The van der Waals surface area contributed by atoms with E-state index in [4.69, 9.17) is 5.11 Å². The van der Waals surface area contributed by atoms with Gasteiger partial charge in [-0.25, -0.2) is 9.69 Å². The van der Waals surface area contributed by atoms with Crippen molar-refractivity contribution in [1.82, 2.24) is 4.90 Å². The van der Waals surface area contributed by atoms with Crippen LogP contribution in [0.1, 0.15) is 34.1 Å². The number of rotatable bonds is 5. The van der Waals surface area contributed by atoms with Gasteiger partial charge in [-0.1, -0.05) is 45.9 Å². The highest BCUT2D eigenvalue weighted by Crippen LogP contribution is 2.33. The molecule has 0 aliphatic heterocycles. The molecule has 0 heterocycles. The van der Waals surface area contributed by atoms with Gasteiger partial charge in [0.15, 0.2) is 0 Å². The number of imide groups is 1. The van der Waals surface area contributed by atoms with Crippen molar-refractivity contribution in [3.63, 3.8) is 0 Å². The standard InChI is InChI=1S/C18H24N2O4/c1-6-14(21)20(16(22)15(19-5)17(23)24)13-8-7-10-18(4,11-9-13)12(2)3/h7-12H,6H2,1-5H3,(H,23,24). The molecule has 0 radical (unpaired) electrons. The summed E-state index contributed by atoms with van der Waals surface area (Å²) in [6.07, 6.45) is 9.07. The Balaban J connectivity index is 3.32. The molecule has 2 amide bonds. The van der Waals surface area contributed by atoms with Crippen LogP contribution in [-0.2, 0) is 14.4 Å². The van der Waals surface area contributed by atoms with E-state index < -0.39 is 23.5 Å². The lowest BCUT2D eigenvalue weighted by Crippen LogP contribution is -2.42. The summed E-state index contributed by atoms with van der Waals surface area (Å²) in [5.74, 6) is -2.57. The normalized spacial score (nSPS) is 20.6. The van der Waals surface area contributed by atoms with Crippen LogP contribution in [0, 0.1) is 11.3 Å². The third-order valence-electron chi connectivity index (χ3n) is 4.22. The molecule has 1 atom stereocenters. The summed E-state index contributed by atoms with van der Waals surface area (Å²) in [5.41, 5.74) is -0.572. The van der Waals surface area contributed by atoms with E-state index >= 15 is 0 Å². The highest BCUT2D eigenvalue weighted by molar-refractivity contribution is 6.64. The molecule has 1 aliphatic rings. The van der Waals surface area contributed by atoms with Crippen LogP contribution in [0.4, 0.5) is 0 Å². The van der Waals surface area contributed by atoms with Gasteiger partial charge in [0.05, 0.1) is 5.70 Å². The van der Waals surface area contributed by atoms with Crippen LogP contribution in [0.5, 0.6) is 0 Å². The molecular weight excluding hydrogens is 308 g/mol. The van der Waals surface area contributed by atoms with Gasteiger partial charge in [0.1, 0.15) is 0 Å². The quantitative estimate of drug-likeness (QED) is 0.619. The third kappa shape index (κ3) is 4.07. The molecule has 130 valence electrons. The Morgan fingerprint density at radius 3 is 2.38 bits per heavy atom. The van der Waals surface area contributed by atoms with Gasteiger partial charge >= 0.3 is 5.97 Å². The van der Waals surface area contributed by atoms with Crippen molar-refractivity contribution in [1.29, 1.82) is 0 Å². The molecule has 24 heavy (non-hydrogen) atoms. The van der Waals surface area contributed by atoms with E-state index in [0.29, 0.717) is 11.6 Å². The van der Waals surface area contributed by atoms with Gasteiger partial charge in [-0.2, -0.15) is 0 Å². The SMILES string of the molecule is CCC(=O)N(C(=O)C(=NC)C(=O)O)C1=CC=CC(C)(C(C)C)C=C1. The van der Waals surface area contributed by atoms with Crippen LogP contribution >= 0.6 is 0 Å². The Kier molecular flexibility index (Phi) is 6.40. The summed E-state index contributed by atoms with van der Waals surface area (Å²) in [4.78, 5) is 40.4. The van der Waals surface area contributed by atoms with Gasteiger partial charge in [0.2, 0.25) is 11.6 Å². The third-order valence-corrected chi connectivity index (χ3v) is 4.22. The zero-order valence-electron chi connectivity index (χ0n) is 14.7. The Bertz CT molecular complexity index is 656. The van der Waals surface area contributed by atoms with Gasteiger partial charge in [-0.05, 0) is 18.1 Å². The predicted molar refractivity (Wildman–Crippen MR) is 92.4 cm³/mol. The van der Waals surface area contributed by atoms with E-state index in [0.717, 1.165) is 4.90 Å². The largest absolute Gasteiger partial charge is 0.476 e. The Morgan fingerprint density at radius 1 is 1.29 bits per heavy atom. The van der Waals surface area contributed by atoms with Crippen LogP contribution in [-0.4, -0.2) is 40.5 Å². The van der Waals surface area contributed by atoms with E-state index in [1.807, 2.05) is 19.1 Å². The lowest BCUT2D eigenvalue weighted by atomic mass is 9.79. The summed E-state index contributed by atoms with van der Waals surface area (Å²) in [6.45, 7) is 7.81. The molecule has 1 rings (SSSR count). The van der Waals surface area contributed by atoms with E-state index in [2.05, 4.69) is 18.8 Å². The molecule has 0 spiro atoms. The molecule has 0 aromatic heterocycles. The van der Waals surface area contributed by atoms with Crippen molar-refractivity contribution >= 4 is 23.5 Å². The first-order valence-electron chi connectivity index (χ1n) is 7.84. The number of amides is 2. The number of hydrogen-bond donors (Lipinski definition) is 1. The van der Waals surface area contributed by atoms with Gasteiger partial charge in [0.25, 0.3) is 5.91 Å². The van der Waals surface area contributed by atoms with E-state index in [9.17, 15) is 14.4 Å². The lowest BCUT2D eigenvalue weighted by molar-refractivity contribution is -0.138. The Hall–Kier alpha value is -2.50. The van der Waals surface area contributed by atoms with E-state index in [1.54, 1.807) is 25.2 Å². The predicted octanol–water partition coefficient (Wildman–Crippen LogP) is 2.58. The van der Waals surface area contributed by atoms with Crippen LogP contribution in [0.2, 0.25) is 0 Å². The number of aliphatic imine (C=N–C) groups is 1. The first-order chi connectivity index (χ1) is 11.2. The smallest absolute Gasteiger partial charge is 0.359 e. The number of carbonyl (C=O) groups is 3. The van der Waals surface area contributed by atoms with Crippen molar-refractivity contribution in [2.24, 2.45) is 16.3 Å². The molecule has 0 aromatic carbocycles. The number of carboxylic acids is 1. The Morgan fingerprint density at radius 2 is 1.92 bits per heavy atom.